The Morgan fingerprint density at radius 3 is 2.23 bits per heavy atom. The lowest BCUT2D eigenvalue weighted by Gasteiger charge is -2.49. The molecule has 21 heteroatoms. The number of aliphatic hydroxyl groups is 5. The van der Waals surface area contributed by atoms with E-state index in [2.05, 4.69) is 15.0 Å². The van der Waals surface area contributed by atoms with E-state index in [1.54, 1.807) is 71.5 Å². The van der Waals surface area contributed by atoms with Crippen LogP contribution >= 0.6 is 0 Å². The van der Waals surface area contributed by atoms with Crippen molar-refractivity contribution in [3.05, 3.63) is 41.7 Å². The van der Waals surface area contributed by atoms with Crippen LogP contribution in [0.5, 0.6) is 5.75 Å². The molecule has 5 rings (SSSR count). The highest BCUT2D eigenvalue weighted by Gasteiger charge is 2.53. The van der Waals surface area contributed by atoms with Gasteiger partial charge in [-0.25, -0.2) is 0 Å². The van der Waals surface area contributed by atoms with E-state index in [1.165, 1.54) is 26.2 Å². The van der Waals surface area contributed by atoms with Crippen molar-refractivity contribution in [2.24, 2.45) is 17.8 Å². The van der Waals surface area contributed by atoms with Crippen molar-refractivity contribution in [1.82, 2.24) is 24.8 Å². The van der Waals surface area contributed by atoms with Gasteiger partial charge in [0.2, 0.25) is 0 Å². The number of rotatable bonds is 14. The summed E-state index contributed by atoms with van der Waals surface area (Å²) in [6.07, 6.45) is -11.4. The molecule has 0 bridgehead atoms. The lowest BCUT2D eigenvalue weighted by atomic mass is 9.77. The van der Waals surface area contributed by atoms with Crippen molar-refractivity contribution < 1.29 is 76.7 Å². The Kier molecular flexibility index (Phi) is 20.0. The smallest absolute Gasteiger partial charge is 0.459 e. The molecule has 0 aliphatic carbocycles. The van der Waals surface area contributed by atoms with Gasteiger partial charge in [-0.3, -0.25) is 9.48 Å². The first-order chi connectivity index (χ1) is 33.0. The third kappa shape index (κ3) is 14.8. The van der Waals surface area contributed by atoms with Gasteiger partial charge in [0.15, 0.2) is 12.6 Å². The maximum absolute atomic E-state index is 14.5. The van der Waals surface area contributed by atoms with Crippen molar-refractivity contribution in [3.63, 3.8) is 0 Å². The van der Waals surface area contributed by atoms with Crippen molar-refractivity contribution in [2.45, 2.75) is 211 Å². The normalized spacial score (nSPS) is 39.7. The van der Waals surface area contributed by atoms with Crippen LogP contribution in [-0.2, 0) is 52.6 Å². The number of hydrogen-bond donors (Lipinski definition) is 5. The highest BCUT2D eigenvalue weighted by molar-refractivity contribution is 5.73. The number of cyclic esters (lactones) is 1. The first kappa shape index (κ1) is 58.8. The topological polar surface area (TPSA) is 220 Å². The lowest BCUT2D eigenvalue weighted by Crippen LogP contribution is -2.61. The van der Waals surface area contributed by atoms with Gasteiger partial charge in [-0.15, -0.1) is 18.3 Å². The molecule has 1 aromatic carbocycles. The molecule has 4 heterocycles. The van der Waals surface area contributed by atoms with Crippen molar-refractivity contribution in [1.29, 1.82) is 0 Å². The minimum atomic E-state index is -4.77. The predicted octanol–water partition coefficient (Wildman–Crippen LogP) is 4.25. The quantitative estimate of drug-likeness (QED) is 0.167. The van der Waals surface area contributed by atoms with Crippen LogP contribution in [0.15, 0.2) is 30.5 Å². The number of carbonyl (C=O) groups is 1. The molecule has 0 spiro atoms. The first-order valence-corrected chi connectivity index (χ1v) is 25.0. The third-order valence-electron chi connectivity index (χ3n) is 15.2. The van der Waals surface area contributed by atoms with Gasteiger partial charge in [0.25, 0.3) is 0 Å². The Balaban J connectivity index is 1.40. The molecule has 3 aliphatic rings. The van der Waals surface area contributed by atoms with Crippen molar-refractivity contribution in [3.8, 4) is 5.75 Å². The molecule has 2 aromatic rings. The van der Waals surface area contributed by atoms with Crippen LogP contribution in [0.1, 0.15) is 106 Å². The zero-order valence-corrected chi connectivity index (χ0v) is 43.8. The number of methoxy groups -OCH3 is 1. The molecule has 0 unspecified atom stereocenters. The number of alkyl halides is 3. The maximum Gasteiger partial charge on any atom is 0.573 e. The molecule has 3 aliphatic heterocycles. The van der Waals surface area contributed by atoms with E-state index in [4.69, 9.17) is 28.4 Å². The standard InChI is InChI=1S/C50H82F3N5O13/c1-14-38-49(10,64)42(60)32(6)57(12)26-28(2)24-47(8,63)44(30(4)41(31(5)45(62)68-38)69-39-25-48(9,65-13)43(61)33(7)67-39)70-46-40(59)37(23-29(3)66-46)56(11)21-20-35-27-58(55-54-35)22-19-34-15-17-36(18-16-34)71-50(51,52)53/h15-18,27-33,37-44,46,59-61,63-64H,14,19-26H2,1-13H3/t28-,29-,30+,31-,32-,33+,37+,38-,39+,40-,41+,42-,43+,44-,46+,47-,48-,49-/m1/s1. The highest BCUT2D eigenvalue weighted by atomic mass is 19.4. The van der Waals surface area contributed by atoms with Gasteiger partial charge in [0.05, 0.1) is 47.2 Å². The molecule has 0 saturated carbocycles. The summed E-state index contributed by atoms with van der Waals surface area (Å²) < 4.78 is 81.5. The molecule has 3 fully saturated rings. The van der Waals surface area contributed by atoms with E-state index in [0.29, 0.717) is 44.6 Å². The monoisotopic (exact) mass is 1020 g/mol. The van der Waals surface area contributed by atoms with Gasteiger partial charge >= 0.3 is 12.3 Å². The van der Waals surface area contributed by atoms with Crippen LogP contribution in [0.4, 0.5) is 13.2 Å². The summed E-state index contributed by atoms with van der Waals surface area (Å²) in [4.78, 5) is 18.4. The molecule has 406 valence electrons. The minimum Gasteiger partial charge on any atom is -0.459 e. The second-order valence-electron chi connectivity index (χ2n) is 21.3. The molecule has 5 N–H and O–H groups in total. The van der Waals surface area contributed by atoms with Crippen LogP contribution in [0.25, 0.3) is 0 Å². The molecule has 3 saturated heterocycles. The molecule has 0 amide bonds. The summed E-state index contributed by atoms with van der Waals surface area (Å²) >= 11 is 0. The van der Waals surface area contributed by atoms with Gasteiger partial charge in [0.1, 0.15) is 35.8 Å². The zero-order valence-electron chi connectivity index (χ0n) is 43.8. The van der Waals surface area contributed by atoms with Crippen LogP contribution in [-0.4, -0.2) is 187 Å². The second-order valence-corrected chi connectivity index (χ2v) is 21.3. The van der Waals surface area contributed by atoms with Crippen LogP contribution < -0.4 is 4.74 Å². The predicted molar refractivity (Wildman–Crippen MR) is 254 cm³/mol. The lowest BCUT2D eigenvalue weighted by molar-refractivity contribution is -0.318. The Bertz CT molecular complexity index is 1980. The number of nitrogens with zero attached hydrogens (tertiary/aromatic N) is 5. The van der Waals surface area contributed by atoms with Crippen LogP contribution in [0.3, 0.4) is 0 Å². The first-order valence-electron chi connectivity index (χ1n) is 25.0. The second kappa shape index (κ2) is 24.1. The number of carbonyl (C=O) groups excluding carboxylic acids is 1. The number of halogens is 3. The fourth-order valence-corrected chi connectivity index (χ4v) is 10.8. The Hall–Kier alpha value is -3.06. The summed E-state index contributed by atoms with van der Waals surface area (Å²) in [5.41, 5.74) is -3.11. The number of aryl methyl sites for hydroxylation is 2. The fourth-order valence-electron chi connectivity index (χ4n) is 10.8. The van der Waals surface area contributed by atoms with Crippen LogP contribution in [0, 0.1) is 17.8 Å². The zero-order chi connectivity index (χ0) is 53.0. The fraction of sp³-hybridized carbons (Fsp3) is 0.820. The van der Waals surface area contributed by atoms with Gasteiger partial charge in [0, 0.05) is 63.8 Å². The van der Waals surface area contributed by atoms with Crippen molar-refractivity contribution >= 4 is 5.97 Å². The van der Waals surface area contributed by atoms with E-state index in [9.17, 15) is 43.5 Å². The molecule has 1 aromatic heterocycles. The van der Waals surface area contributed by atoms with Crippen LogP contribution in [0.2, 0.25) is 0 Å². The van der Waals surface area contributed by atoms with Gasteiger partial charge in [-0.1, -0.05) is 38.1 Å². The Labute approximate surface area is 417 Å². The average Bonchev–Trinajstić information content (AvgIpc) is 3.76. The van der Waals surface area contributed by atoms with E-state index in [1.807, 2.05) is 37.7 Å². The molecular formula is C50H82F3N5O13. The summed E-state index contributed by atoms with van der Waals surface area (Å²) in [6.45, 7) is 18.6. The maximum atomic E-state index is 14.5. The minimum absolute atomic E-state index is 0.0789. The molecule has 18 atom stereocenters. The summed E-state index contributed by atoms with van der Waals surface area (Å²) in [5.74, 6) is -3.18. The number of benzene rings is 1. The summed E-state index contributed by atoms with van der Waals surface area (Å²) in [7, 11) is 5.19. The number of ether oxygens (including phenoxy) is 7. The Morgan fingerprint density at radius 1 is 0.944 bits per heavy atom. The Morgan fingerprint density at radius 2 is 1.61 bits per heavy atom. The molecular weight excluding hydrogens is 936 g/mol. The number of likely N-dealkylation sites (N-methyl/N-ethyl adjacent to an activating group) is 2. The average molecular weight is 1020 g/mol. The van der Waals surface area contributed by atoms with Crippen molar-refractivity contribution in [2.75, 3.05) is 34.3 Å². The molecule has 71 heavy (non-hydrogen) atoms. The van der Waals surface area contributed by atoms with E-state index in [-0.39, 0.29) is 30.9 Å². The summed E-state index contributed by atoms with van der Waals surface area (Å²) in [6, 6.07) is 4.61. The van der Waals surface area contributed by atoms with Gasteiger partial charge < -0.3 is 68.5 Å². The number of hydrogen-bond acceptors (Lipinski definition) is 17. The van der Waals surface area contributed by atoms with Gasteiger partial charge in [-0.05, 0) is 112 Å². The molecule has 0 radical (unpaired) electrons. The largest absolute Gasteiger partial charge is 0.573 e. The number of aromatic nitrogens is 3. The SMILES string of the molecule is CC[C@H]1OC(=O)[C@H](C)[C@@H](O[C@H]2C[C@@](C)(OC)[C@@H](O)[C@H](C)O2)[C@H](C)[C@@H](O[C@@H]2O[C@H](C)C[C@H](N(C)CCc3cn(CCc4ccc(OC(F)(F)F)cc4)nn3)[C@H]2O)[C@](C)(O)C[C@@H](C)CN(C)[C@H](C)[C@@H](O)[C@]1(C)O. The molecule has 18 nitrogen and oxygen atoms in total. The number of esters is 1. The van der Waals surface area contributed by atoms with E-state index < -0.39 is 114 Å². The number of aliphatic hydroxyl groups excluding tert-OH is 3. The third-order valence-corrected chi connectivity index (χ3v) is 15.2. The van der Waals surface area contributed by atoms with Gasteiger partial charge in [-0.2, -0.15) is 0 Å². The van der Waals surface area contributed by atoms with E-state index in [0.717, 1.165) is 5.56 Å². The summed E-state index contributed by atoms with van der Waals surface area (Å²) in [5, 5.41) is 68.1. The van der Waals surface area contributed by atoms with E-state index >= 15 is 0 Å². The highest BCUT2D eigenvalue weighted by Crippen LogP contribution is 2.40.